The first-order chi connectivity index (χ1) is 31.2. The smallest absolute Gasteiger partial charge is 0.164 e. The van der Waals surface area contributed by atoms with Crippen molar-refractivity contribution in [2.75, 3.05) is 0 Å². The molecule has 63 heavy (non-hydrogen) atoms. The van der Waals surface area contributed by atoms with Gasteiger partial charge in [-0.1, -0.05) is 206 Å². The standard InChI is InChI=1S/C58H35N3S2/c1-2-16-36(17-3-1)39-18-4-5-20-43(39)56-59-55(38-34-32-37(33-35-38)40-22-14-23-42-41-19-7-11-29-50(41)63-54(40)42)60-57(61-56)45-24-15-28-49-53(45)44-21-6-8-25-46(44)58(49)47-26-9-12-30-51(47)62-52-31-13-10-27-48(52)58/h1-35H. The third kappa shape index (κ3) is 5.50. The van der Waals surface area contributed by atoms with Crippen LogP contribution in [0.15, 0.2) is 222 Å². The highest BCUT2D eigenvalue weighted by Gasteiger charge is 2.50. The fraction of sp³-hybridized carbons (Fsp3) is 0.0172. The molecule has 0 N–H and O–H groups in total. The van der Waals surface area contributed by atoms with Crippen molar-refractivity contribution >= 4 is 43.3 Å². The molecule has 0 atom stereocenters. The van der Waals surface area contributed by atoms with Gasteiger partial charge in [0.05, 0.1) is 5.41 Å². The van der Waals surface area contributed by atoms with Crippen LogP contribution in [0.1, 0.15) is 22.3 Å². The molecular weight excluding hydrogens is 803 g/mol. The number of benzene rings is 9. The molecule has 0 saturated heterocycles. The summed E-state index contributed by atoms with van der Waals surface area (Å²) in [4.78, 5) is 18.8. The summed E-state index contributed by atoms with van der Waals surface area (Å²) < 4.78 is 2.60. The average Bonchev–Trinajstić information content (AvgIpc) is 3.89. The van der Waals surface area contributed by atoms with Crippen molar-refractivity contribution in [3.63, 3.8) is 0 Å². The van der Waals surface area contributed by atoms with Crippen LogP contribution in [0.25, 0.3) is 87.7 Å². The summed E-state index contributed by atoms with van der Waals surface area (Å²) in [5, 5.41) is 2.59. The molecule has 13 rings (SSSR count). The van der Waals surface area contributed by atoms with E-state index in [4.69, 9.17) is 15.0 Å². The first-order valence-electron chi connectivity index (χ1n) is 21.3. The van der Waals surface area contributed by atoms with E-state index in [2.05, 4.69) is 212 Å². The number of fused-ring (bicyclic) bond motifs is 12. The molecule has 294 valence electrons. The van der Waals surface area contributed by atoms with Gasteiger partial charge in [-0.05, 0) is 73.8 Å². The molecular formula is C58H35N3S2. The van der Waals surface area contributed by atoms with Crippen molar-refractivity contribution < 1.29 is 0 Å². The molecule has 0 radical (unpaired) electrons. The molecule has 1 aliphatic carbocycles. The Bertz CT molecular complexity index is 3560. The first kappa shape index (κ1) is 36.2. The highest BCUT2D eigenvalue weighted by atomic mass is 32.2. The van der Waals surface area contributed by atoms with Gasteiger partial charge in [-0.3, -0.25) is 0 Å². The maximum atomic E-state index is 5.45. The fourth-order valence-electron chi connectivity index (χ4n) is 10.2. The highest BCUT2D eigenvalue weighted by Crippen LogP contribution is 2.63. The predicted molar refractivity (Wildman–Crippen MR) is 261 cm³/mol. The van der Waals surface area contributed by atoms with Crippen LogP contribution in [-0.4, -0.2) is 15.0 Å². The Balaban J connectivity index is 1.03. The lowest BCUT2D eigenvalue weighted by molar-refractivity contribution is 0.722. The third-order valence-electron chi connectivity index (χ3n) is 12.9. The van der Waals surface area contributed by atoms with Crippen molar-refractivity contribution in [3.05, 3.63) is 235 Å². The molecule has 0 fully saturated rings. The van der Waals surface area contributed by atoms with Crippen LogP contribution in [0.5, 0.6) is 0 Å². The van der Waals surface area contributed by atoms with Gasteiger partial charge in [0.1, 0.15) is 0 Å². The Morgan fingerprint density at radius 1 is 0.317 bits per heavy atom. The van der Waals surface area contributed by atoms with Gasteiger partial charge in [0.2, 0.25) is 0 Å². The van der Waals surface area contributed by atoms with Gasteiger partial charge < -0.3 is 0 Å². The minimum atomic E-state index is -0.508. The summed E-state index contributed by atoms with van der Waals surface area (Å²) in [6, 6.07) is 76.6. The number of nitrogens with zero attached hydrogens (tertiary/aromatic N) is 3. The zero-order valence-electron chi connectivity index (χ0n) is 33.9. The van der Waals surface area contributed by atoms with Gasteiger partial charge in [-0.25, -0.2) is 15.0 Å². The lowest BCUT2D eigenvalue weighted by Crippen LogP contribution is -2.31. The Morgan fingerprint density at radius 3 is 1.60 bits per heavy atom. The molecule has 5 heteroatoms. The van der Waals surface area contributed by atoms with E-state index >= 15 is 0 Å². The van der Waals surface area contributed by atoms with E-state index < -0.39 is 5.41 Å². The molecule has 3 heterocycles. The molecule has 0 bridgehead atoms. The quantitative estimate of drug-likeness (QED) is 0.173. The zero-order valence-corrected chi connectivity index (χ0v) is 35.5. The van der Waals surface area contributed by atoms with Crippen LogP contribution < -0.4 is 0 Å². The fourth-order valence-corrected chi connectivity index (χ4v) is 12.6. The second-order valence-corrected chi connectivity index (χ2v) is 18.3. The maximum Gasteiger partial charge on any atom is 0.164 e. The van der Waals surface area contributed by atoms with Crippen LogP contribution in [0.2, 0.25) is 0 Å². The lowest BCUT2D eigenvalue weighted by Gasteiger charge is -2.39. The molecule has 1 spiro atoms. The first-order valence-corrected chi connectivity index (χ1v) is 22.9. The number of aromatic nitrogens is 3. The van der Waals surface area contributed by atoms with Crippen LogP contribution >= 0.6 is 23.1 Å². The topological polar surface area (TPSA) is 38.7 Å². The molecule has 3 nitrogen and oxygen atoms in total. The van der Waals surface area contributed by atoms with Gasteiger partial charge in [-0.15, -0.1) is 11.3 Å². The summed E-state index contributed by atoms with van der Waals surface area (Å²) in [5.41, 5.74) is 14.4. The van der Waals surface area contributed by atoms with Gasteiger partial charge >= 0.3 is 0 Å². The van der Waals surface area contributed by atoms with Crippen LogP contribution in [0.4, 0.5) is 0 Å². The molecule has 0 saturated carbocycles. The second kappa shape index (κ2) is 14.3. The Labute approximate surface area is 373 Å². The summed E-state index contributed by atoms with van der Waals surface area (Å²) >= 11 is 3.71. The molecule has 11 aromatic rings. The number of thiophene rings is 1. The van der Waals surface area contributed by atoms with E-state index in [0.29, 0.717) is 17.5 Å². The molecule has 2 aromatic heterocycles. The van der Waals surface area contributed by atoms with Crippen molar-refractivity contribution in [2.45, 2.75) is 15.2 Å². The summed E-state index contributed by atoms with van der Waals surface area (Å²) in [5.74, 6) is 1.91. The molecule has 2 aliphatic rings. The van der Waals surface area contributed by atoms with Gasteiger partial charge in [0.15, 0.2) is 17.5 Å². The van der Waals surface area contributed by atoms with E-state index in [0.717, 1.165) is 38.9 Å². The lowest BCUT2D eigenvalue weighted by atomic mass is 9.67. The second-order valence-electron chi connectivity index (χ2n) is 16.2. The summed E-state index contributed by atoms with van der Waals surface area (Å²) in [7, 11) is 0. The monoisotopic (exact) mass is 837 g/mol. The Kier molecular flexibility index (Phi) is 8.23. The molecule has 0 unspecified atom stereocenters. The van der Waals surface area contributed by atoms with Gasteiger partial charge in [0, 0.05) is 46.7 Å². The normalized spacial score (nSPS) is 13.1. The number of hydrogen-bond acceptors (Lipinski definition) is 5. The van der Waals surface area contributed by atoms with Crippen molar-refractivity contribution in [3.8, 4) is 67.5 Å². The third-order valence-corrected chi connectivity index (χ3v) is 15.2. The van der Waals surface area contributed by atoms with Gasteiger partial charge in [0.25, 0.3) is 0 Å². The van der Waals surface area contributed by atoms with Gasteiger partial charge in [-0.2, -0.15) is 0 Å². The van der Waals surface area contributed by atoms with E-state index in [1.165, 1.54) is 63.3 Å². The number of rotatable bonds is 5. The molecule has 0 amide bonds. The van der Waals surface area contributed by atoms with Crippen molar-refractivity contribution in [1.29, 1.82) is 0 Å². The van der Waals surface area contributed by atoms with Crippen LogP contribution in [0.3, 0.4) is 0 Å². The van der Waals surface area contributed by atoms with Crippen molar-refractivity contribution in [2.24, 2.45) is 0 Å². The van der Waals surface area contributed by atoms with Crippen molar-refractivity contribution in [1.82, 2.24) is 15.0 Å². The minimum Gasteiger partial charge on any atom is -0.208 e. The van der Waals surface area contributed by atoms with Crippen LogP contribution in [-0.2, 0) is 5.41 Å². The van der Waals surface area contributed by atoms with E-state index in [9.17, 15) is 0 Å². The zero-order chi connectivity index (χ0) is 41.5. The molecule has 9 aromatic carbocycles. The SMILES string of the molecule is c1ccc(-c2ccccc2-c2nc(-c3ccc(-c4cccc5c4sc4ccccc45)cc3)nc(-c3cccc4c3-c3ccccc3C43c4ccccc4Sc4ccccc43)n2)cc1. The van der Waals surface area contributed by atoms with E-state index in [1.54, 1.807) is 0 Å². The highest BCUT2D eigenvalue weighted by molar-refractivity contribution is 7.99. The maximum absolute atomic E-state index is 5.45. The van der Waals surface area contributed by atoms with E-state index in [-0.39, 0.29) is 0 Å². The molecule has 1 aliphatic heterocycles. The predicted octanol–water partition coefficient (Wildman–Crippen LogP) is 15.4. The summed E-state index contributed by atoms with van der Waals surface area (Å²) in [6.45, 7) is 0. The summed E-state index contributed by atoms with van der Waals surface area (Å²) in [6.07, 6.45) is 0. The Hall–Kier alpha value is -7.44. The Morgan fingerprint density at radius 2 is 0.825 bits per heavy atom. The average molecular weight is 838 g/mol. The largest absolute Gasteiger partial charge is 0.208 e. The van der Waals surface area contributed by atoms with Crippen LogP contribution in [0, 0.1) is 0 Å². The van der Waals surface area contributed by atoms with E-state index in [1.807, 2.05) is 23.1 Å². The minimum absolute atomic E-state index is 0.508. The number of hydrogen-bond donors (Lipinski definition) is 0.